The van der Waals surface area contributed by atoms with Gasteiger partial charge in [-0.3, -0.25) is 0 Å². The molecule has 0 aromatic carbocycles. The molecule has 0 aliphatic heterocycles. The third-order valence-electron chi connectivity index (χ3n) is 1.28. The lowest BCUT2D eigenvalue weighted by Crippen LogP contribution is -1.99. The van der Waals surface area contributed by atoms with Crippen molar-refractivity contribution >= 4 is 11.8 Å². The van der Waals surface area contributed by atoms with Crippen LogP contribution in [0.4, 0.5) is 8.78 Å². The highest BCUT2D eigenvalue weighted by molar-refractivity contribution is 7.99. The number of aromatic nitrogens is 2. The molecule has 0 radical (unpaired) electrons. The molecule has 0 aliphatic rings. The summed E-state index contributed by atoms with van der Waals surface area (Å²) in [6, 6.07) is 0. The number of hydrogen-bond donors (Lipinski definition) is 0. The highest BCUT2D eigenvalue weighted by Crippen LogP contribution is 2.15. The molecule has 0 spiro atoms. The molecule has 1 aromatic rings. The molecule has 0 saturated heterocycles. The molecule has 0 N–H and O–H groups in total. The van der Waals surface area contributed by atoms with Crippen molar-refractivity contribution < 1.29 is 8.78 Å². The van der Waals surface area contributed by atoms with Crippen molar-refractivity contribution in [3.63, 3.8) is 0 Å². The molecule has 12 heavy (non-hydrogen) atoms. The molecule has 1 aromatic heterocycles. The van der Waals surface area contributed by atoms with Crippen LogP contribution in [-0.2, 0) is 0 Å². The fourth-order valence-corrected chi connectivity index (χ4v) is 1.19. The summed E-state index contributed by atoms with van der Waals surface area (Å²) in [4.78, 5) is 6.94. The Hall–Kier alpha value is -0.710. The zero-order valence-corrected chi connectivity index (χ0v) is 7.58. The average Bonchev–Trinajstić information content (AvgIpc) is 2.01. The lowest BCUT2D eigenvalue weighted by atomic mass is 10.4. The van der Waals surface area contributed by atoms with Crippen LogP contribution in [0.3, 0.4) is 0 Å². The maximum Gasteiger partial charge on any atom is 0.222 e. The Morgan fingerprint density at radius 1 is 1.25 bits per heavy atom. The fourth-order valence-electron chi connectivity index (χ4n) is 0.639. The highest BCUT2D eigenvalue weighted by atomic mass is 32.2. The predicted molar refractivity (Wildman–Crippen MR) is 43.1 cm³/mol. The minimum Gasteiger partial charge on any atom is -0.193 e. The van der Waals surface area contributed by atoms with Crippen LogP contribution in [0.15, 0.2) is 5.16 Å². The molecular weight excluding hydrogens is 182 g/mol. The van der Waals surface area contributed by atoms with Gasteiger partial charge in [-0.15, -0.1) is 0 Å². The molecule has 0 unspecified atom stereocenters. The van der Waals surface area contributed by atoms with Gasteiger partial charge < -0.3 is 0 Å². The summed E-state index contributed by atoms with van der Waals surface area (Å²) in [5.74, 6) is -0.862. The summed E-state index contributed by atoms with van der Waals surface area (Å²) < 4.78 is 25.5. The Balaban J connectivity index is 3.04. The Morgan fingerprint density at radius 2 is 1.75 bits per heavy atom. The minimum absolute atomic E-state index is 0.129. The topological polar surface area (TPSA) is 25.8 Å². The van der Waals surface area contributed by atoms with E-state index in [0.717, 1.165) is 0 Å². The first-order valence-electron chi connectivity index (χ1n) is 3.47. The highest BCUT2D eigenvalue weighted by Gasteiger charge is 2.09. The number of halogens is 2. The first-order chi connectivity index (χ1) is 5.65. The largest absolute Gasteiger partial charge is 0.222 e. The number of nitrogens with zero attached hydrogens (tertiary/aromatic N) is 2. The van der Waals surface area contributed by atoms with Gasteiger partial charge in [0.05, 0.1) is 5.56 Å². The van der Waals surface area contributed by atoms with Crippen LogP contribution in [-0.4, -0.2) is 15.7 Å². The second kappa shape index (κ2) is 3.80. The molecule has 66 valence electrons. The van der Waals surface area contributed by atoms with Gasteiger partial charge in [0.2, 0.25) is 11.9 Å². The summed E-state index contributed by atoms with van der Waals surface area (Å²) >= 11 is 1.21. The molecule has 2 nitrogen and oxygen atoms in total. The second-order valence-electron chi connectivity index (χ2n) is 2.15. The second-order valence-corrected chi connectivity index (χ2v) is 3.38. The van der Waals surface area contributed by atoms with Gasteiger partial charge in [0.25, 0.3) is 0 Å². The van der Waals surface area contributed by atoms with Gasteiger partial charge in [-0.2, -0.15) is 18.7 Å². The lowest BCUT2D eigenvalue weighted by molar-refractivity contribution is 0.488. The van der Waals surface area contributed by atoms with Gasteiger partial charge in [-0.25, -0.2) is 0 Å². The van der Waals surface area contributed by atoms with Gasteiger partial charge in [-0.05, 0) is 12.7 Å². The van der Waals surface area contributed by atoms with Crippen LogP contribution in [0.25, 0.3) is 0 Å². The SMILES string of the molecule is CCSc1nc(F)c(C)c(F)n1. The standard InChI is InChI=1S/C7H8F2N2S/c1-3-12-7-10-5(8)4(2)6(9)11-7/h3H2,1-2H3. The summed E-state index contributed by atoms with van der Waals surface area (Å²) in [6.07, 6.45) is 0. The smallest absolute Gasteiger partial charge is 0.193 e. The molecule has 1 rings (SSSR count). The quantitative estimate of drug-likeness (QED) is 0.406. The van der Waals surface area contributed by atoms with Crippen LogP contribution in [0.1, 0.15) is 12.5 Å². The van der Waals surface area contributed by atoms with Gasteiger partial charge in [0.1, 0.15) is 0 Å². The van der Waals surface area contributed by atoms with Gasteiger partial charge in [-0.1, -0.05) is 18.7 Å². The average molecular weight is 190 g/mol. The summed E-state index contributed by atoms with van der Waals surface area (Å²) in [6.45, 7) is 3.18. The zero-order valence-electron chi connectivity index (χ0n) is 6.77. The van der Waals surface area contributed by atoms with Crippen molar-refractivity contribution in [1.82, 2.24) is 9.97 Å². The molecule has 0 amide bonds. The molecule has 1 heterocycles. The number of thioether (sulfide) groups is 1. The van der Waals surface area contributed by atoms with Gasteiger partial charge >= 0.3 is 0 Å². The molecule has 0 saturated carbocycles. The Labute approximate surface area is 73.4 Å². The van der Waals surface area contributed by atoms with E-state index in [9.17, 15) is 8.78 Å². The summed E-state index contributed by atoms with van der Waals surface area (Å²) in [5.41, 5.74) is -0.129. The van der Waals surface area contributed by atoms with Crippen molar-refractivity contribution in [1.29, 1.82) is 0 Å². The third-order valence-corrected chi connectivity index (χ3v) is 2.01. The molecule has 0 bridgehead atoms. The van der Waals surface area contributed by atoms with Crippen LogP contribution < -0.4 is 0 Å². The van der Waals surface area contributed by atoms with Crippen LogP contribution >= 0.6 is 11.8 Å². The first kappa shape index (κ1) is 9.38. The van der Waals surface area contributed by atoms with E-state index >= 15 is 0 Å². The zero-order chi connectivity index (χ0) is 9.14. The van der Waals surface area contributed by atoms with Crippen molar-refractivity contribution in [2.75, 3.05) is 5.75 Å². The van der Waals surface area contributed by atoms with Crippen molar-refractivity contribution in [3.8, 4) is 0 Å². The maximum atomic E-state index is 12.8. The van der Waals surface area contributed by atoms with E-state index in [0.29, 0.717) is 5.75 Å². The monoisotopic (exact) mass is 190 g/mol. The van der Waals surface area contributed by atoms with E-state index in [1.165, 1.54) is 18.7 Å². The molecular formula is C7H8F2N2S. The van der Waals surface area contributed by atoms with Gasteiger partial charge in [0, 0.05) is 0 Å². The number of rotatable bonds is 2. The van der Waals surface area contributed by atoms with Crippen LogP contribution in [0, 0.1) is 18.8 Å². The molecule has 0 aliphatic carbocycles. The van der Waals surface area contributed by atoms with Gasteiger partial charge in [0.15, 0.2) is 5.16 Å². The Bertz CT molecular complexity index is 268. The molecule has 0 atom stereocenters. The lowest BCUT2D eigenvalue weighted by Gasteiger charge is -1.99. The van der Waals surface area contributed by atoms with E-state index in [1.807, 2.05) is 6.92 Å². The van der Waals surface area contributed by atoms with Crippen molar-refractivity contribution in [3.05, 3.63) is 17.5 Å². The third kappa shape index (κ3) is 1.91. The van der Waals surface area contributed by atoms with E-state index < -0.39 is 11.9 Å². The predicted octanol–water partition coefficient (Wildman–Crippen LogP) is 2.18. The normalized spacial score (nSPS) is 10.3. The Kier molecular flexibility index (Phi) is 2.97. The number of hydrogen-bond acceptors (Lipinski definition) is 3. The van der Waals surface area contributed by atoms with Crippen molar-refractivity contribution in [2.45, 2.75) is 19.0 Å². The minimum atomic E-state index is -0.779. The summed E-state index contributed by atoms with van der Waals surface area (Å²) in [7, 11) is 0. The van der Waals surface area contributed by atoms with E-state index in [4.69, 9.17) is 0 Å². The van der Waals surface area contributed by atoms with E-state index in [1.54, 1.807) is 0 Å². The molecule has 0 fully saturated rings. The van der Waals surface area contributed by atoms with E-state index in [-0.39, 0.29) is 10.7 Å². The summed E-state index contributed by atoms with van der Waals surface area (Å²) in [5, 5.41) is 0.151. The molecule has 5 heteroatoms. The van der Waals surface area contributed by atoms with Crippen LogP contribution in [0.5, 0.6) is 0 Å². The maximum absolute atomic E-state index is 12.8. The Morgan fingerprint density at radius 3 is 2.17 bits per heavy atom. The van der Waals surface area contributed by atoms with Crippen LogP contribution in [0.2, 0.25) is 0 Å². The van der Waals surface area contributed by atoms with Crippen molar-refractivity contribution in [2.24, 2.45) is 0 Å². The fraction of sp³-hybridized carbons (Fsp3) is 0.429. The first-order valence-corrected chi connectivity index (χ1v) is 4.46. The van der Waals surface area contributed by atoms with E-state index in [2.05, 4.69) is 9.97 Å².